The fourth-order valence-electron chi connectivity index (χ4n) is 2.57. The molecule has 0 unspecified atom stereocenters. The number of hydrogen-bond donors (Lipinski definition) is 0. The third kappa shape index (κ3) is 4.39. The second-order valence-electron chi connectivity index (χ2n) is 6.84. The van der Waals surface area contributed by atoms with Crippen LogP contribution >= 0.6 is 0 Å². The number of benzene rings is 2. The van der Waals surface area contributed by atoms with Gasteiger partial charge in [-0.1, -0.05) is 30.3 Å². The lowest BCUT2D eigenvalue weighted by Crippen LogP contribution is -2.37. The number of hydrogen-bond acceptors (Lipinski definition) is 4. The molecule has 0 atom stereocenters. The van der Waals surface area contributed by atoms with Crippen LogP contribution in [0, 0.1) is 17.0 Å². The predicted molar refractivity (Wildman–Crippen MR) is 102 cm³/mol. The van der Waals surface area contributed by atoms with Crippen LogP contribution in [0.15, 0.2) is 42.5 Å². The van der Waals surface area contributed by atoms with Crippen molar-refractivity contribution in [3.8, 4) is 11.1 Å². The fourth-order valence-corrected chi connectivity index (χ4v) is 2.57. The first-order valence-electron chi connectivity index (χ1n) is 8.34. The molecular weight excluding hydrogens is 332 g/mol. The van der Waals surface area contributed by atoms with Gasteiger partial charge in [0.25, 0.3) is 5.69 Å². The average Bonchev–Trinajstić information content (AvgIpc) is 2.54. The van der Waals surface area contributed by atoms with Crippen LogP contribution in [-0.4, -0.2) is 23.2 Å². The van der Waals surface area contributed by atoms with Gasteiger partial charge < -0.3 is 4.74 Å². The SMILES string of the molecule is [CH2]c1ccc(-c2ccccc2N(CC)C(=O)OC(C)(C)C)cc1[N+](=O)[O-]. The fraction of sp³-hybridized carbons (Fsp3) is 0.300. The average molecular weight is 355 g/mol. The molecule has 0 saturated heterocycles. The minimum atomic E-state index is -0.617. The second kappa shape index (κ2) is 7.56. The summed E-state index contributed by atoms with van der Waals surface area (Å²) in [5, 5.41) is 11.2. The van der Waals surface area contributed by atoms with E-state index in [1.165, 1.54) is 11.0 Å². The first-order valence-corrected chi connectivity index (χ1v) is 8.34. The van der Waals surface area contributed by atoms with E-state index >= 15 is 0 Å². The summed E-state index contributed by atoms with van der Waals surface area (Å²) in [5.41, 5.74) is 1.65. The normalized spacial score (nSPS) is 11.1. The van der Waals surface area contributed by atoms with Crippen LogP contribution in [-0.2, 0) is 4.74 Å². The van der Waals surface area contributed by atoms with E-state index < -0.39 is 16.6 Å². The number of carbonyl (C=O) groups excluding carboxylic acids is 1. The van der Waals surface area contributed by atoms with Gasteiger partial charge in [-0.25, -0.2) is 4.79 Å². The molecule has 0 aliphatic heterocycles. The number of nitro benzene ring substituents is 1. The molecule has 0 aromatic heterocycles. The van der Waals surface area contributed by atoms with Gasteiger partial charge in [0.2, 0.25) is 0 Å². The van der Waals surface area contributed by atoms with Gasteiger partial charge in [-0.15, -0.1) is 0 Å². The molecule has 0 bridgehead atoms. The number of anilines is 1. The zero-order valence-corrected chi connectivity index (χ0v) is 15.5. The zero-order chi connectivity index (χ0) is 19.5. The first-order chi connectivity index (χ1) is 12.1. The number of carbonyl (C=O) groups is 1. The maximum atomic E-state index is 12.6. The summed E-state index contributed by atoms with van der Waals surface area (Å²) in [6.07, 6.45) is -0.462. The summed E-state index contributed by atoms with van der Waals surface area (Å²) in [4.78, 5) is 24.9. The lowest BCUT2D eigenvalue weighted by atomic mass is 10.0. The molecule has 0 fully saturated rings. The summed E-state index contributed by atoms with van der Waals surface area (Å²) >= 11 is 0. The highest BCUT2D eigenvalue weighted by atomic mass is 16.6. The van der Waals surface area contributed by atoms with Gasteiger partial charge in [-0.2, -0.15) is 0 Å². The number of para-hydroxylation sites is 1. The maximum Gasteiger partial charge on any atom is 0.414 e. The molecule has 2 aromatic rings. The van der Waals surface area contributed by atoms with Gasteiger partial charge >= 0.3 is 6.09 Å². The molecule has 6 heteroatoms. The Balaban J connectivity index is 2.52. The molecule has 0 saturated carbocycles. The van der Waals surface area contributed by atoms with Crippen molar-refractivity contribution < 1.29 is 14.5 Å². The van der Waals surface area contributed by atoms with Crippen molar-refractivity contribution in [2.24, 2.45) is 0 Å². The molecule has 0 spiro atoms. The van der Waals surface area contributed by atoms with Gasteiger partial charge in [0.05, 0.1) is 10.6 Å². The zero-order valence-electron chi connectivity index (χ0n) is 15.5. The lowest BCUT2D eigenvalue weighted by molar-refractivity contribution is -0.385. The molecule has 2 aromatic carbocycles. The summed E-state index contributed by atoms with van der Waals surface area (Å²) < 4.78 is 5.49. The third-order valence-corrected chi connectivity index (χ3v) is 3.72. The van der Waals surface area contributed by atoms with Crippen molar-refractivity contribution in [2.45, 2.75) is 33.3 Å². The number of amides is 1. The van der Waals surface area contributed by atoms with E-state index in [9.17, 15) is 14.9 Å². The van der Waals surface area contributed by atoms with Crippen molar-refractivity contribution in [1.29, 1.82) is 0 Å². The Kier molecular flexibility index (Phi) is 5.65. The van der Waals surface area contributed by atoms with Crippen molar-refractivity contribution in [3.63, 3.8) is 0 Å². The number of nitrogens with zero attached hydrogens (tertiary/aromatic N) is 2. The third-order valence-electron chi connectivity index (χ3n) is 3.72. The van der Waals surface area contributed by atoms with Gasteiger partial charge in [-0.3, -0.25) is 15.0 Å². The summed E-state index contributed by atoms with van der Waals surface area (Å²) in [7, 11) is 0. The van der Waals surface area contributed by atoms with Crippen LogP contribution in [0.1, 0.15) is 33.3 Å². The van der Waals surface area contributed by atoms with Gasteiger partial charge in [0.1, 0.15) is 5.60 Å². The Morgan fingerprint density at radius 1 is 1.23 bits per heavy atom. The van der Waals surface area contributed by atoms with Crippen LogP contribution in [0.4, 0.5) is 16.2 Å². The number of ether oxygens (including phenoxy) is 1. The van der Waals surface area contributed by atoms with Crippen molar-refractivity contribution in [3.05, 3.63) is 65.1 Å². The summed E-state index contributed by atoms with van der Waals surface area (Å²) in [6.45, 7) is 11.4. The Bertz CT molecular complexity index is 825. The Morgan fingerprint density at radius 2 is 1.88 bits per heavy atom. The largest absolute Gasteiger partial charge is 0.443 e. The smallest absolute Gasteiger partial charge is 0.414 e. The van der Waals surface area contributed by atoms with E-state index in [2.05, 4.69) is 6.92 Å². The molecule has 137 valence electrons. The minimum Gasteiger partial charge on any atom is -0.443 e. The van der Waals surface area contributed by atoms with Crippen molar-refractivity contribution in [2.75, 3.05) is 11.4 Å². The molecule has 6 nitrogen and oxygen atoms in total. The second-order valence-corrected chi connectivity index (χ2v) is 6.84. The van der Waals surface area contributed by atoms with Crippen molar-refractivity contribution in [1.82, 2.24) is 0 Å². The topological polar surface area (TPSA) is 72.7 Å². The van der Waals surface area contributed by atoms with E-state index in [0.717, 1.165) is 0 Å². The maximum absolute atomic E-state index is 12.6. The summed E-state index contributed by atoms with van der Waals surface area (Å²) in [6, 6.07) is 12.1. The number of rotatable bonds is 4. The molecule has 2 rings (SSSR count). The van der Waals surface area contributed by atoms with E-state index in [0.29, 0.717) is 28.9 Å². The van der Waals surface area contributed by atoms with Crippen LogP contribution in [0.25, 0.3) is 11.1 Å². The molecule has 0 aliphatic rings. The van der Waals surface area contributed by atoms with E-state index in [1.54, 1.807) is 39.0 Å². The molecule has 26 heavy (non-hydrogen) atoms. The molecule has 1 amide bonds. The van der Waals surface area contributed by atoms with Crippen LogP contribution < -0.4 is 4.90 Å². The van der Waals surface area contributed by atoms with Crippen LogP contribution in [0.3, 0.4) is 0 Å². The highest BCUT2D eigenvalue weighted by Crippen LogP contribution is 2.34. The quantitative estimate of drug-likeness (QED) is 0.558. The van der Waals surface area contributed by atoms with Crippen molar-refractivity contribution >= 4 is 17.5 Å². The van der Waals surface area contributed by atoms with Gasteiger partial charge in [-0.05, 0) is 46.2 Å². The molecule has 0 heterocycles. The Morgan fingerprint density at radius 3 is 2.46 bits per heavy atom. The van der Waals surface area contributed by atoms with Gasteiger partial charge in [0.15, 0.2) is 0 Å². The van der Waals surface area contributed by atoms with E-state index in [-0.39, 0.29) is 5.69 Å². The lowest BCUT2D eigenvalue weighted by Gasteiger charge is -2.28. The number of nitro groups is 1. The Labute approximate surface area is 153 Å². The molecule has 0 N–H and O–H groups in total. The first kappa shape index (κ1) is 19.4. The van der Waals surface area contributed by atoms with E-state index in [1.807, 2.05) is 25.1 Å². The van der Waals surface area contributed by atoms with Crippen LogP contribution in [0.2, 0.25) is 0 Å². The highest BCUT2D eigenvalue weighted by Gasteiger charge is 2.24. The van der Waals surface area contributed by atoms with Gasteiger partial charge in [0, 0.05) is 23.7 Å². The minimum absolute atomic E-state index is 0.0578. The molecular formula is C20H23N2O4. The van der Waals surface area contributed by atoms with E-state index in [4.69, 9.17) is 4.74 Å². The van der Waals surface area contributed by atoms with Crippen LogP contribution in [0.5, 0.6) is 0 Å². The highest BCUT2D eigenvalue weighted by molar-refractivity contribution is 5.94. The molecule has 0 aliphatic carbocycles. The standard InChI is InChI=1S/C20H23N2O4/c1-6-21(19(23)26-20(3,4)5)17-10-8-7-9-16(17)15-12-11-14(2)18(13-15)22(24)25/h7-13H,2,6H2,1,3-5H3. The molecule has 1 radical (unpaired) electrons. The Hall–Kier alpha value is -2.89. The predicted octanol–water partition coefficient (Wildman–Crippen LogP) is 5.21. The summed E-state index contributed by atoms with van der Waals surface area (Å²) in [5.74, 6) is 0. The monoisotopic (exact) mass is 355 g/mol.